The van der Waals surface area contributed by atoms with Gasteiger partial charge in [-0.3, -0.25) is 0 Å². The fourth-order valence-electron chi connectivity index (χ4n) is 4.93. The summed E-state index contributed by atoms with van der Waals surface area (Å²) < 4.78 is 41.9. The van der Waals surface area contributed by atoms with Crippen molar-refractivity contribution in [3.63, 3.8) is 0 Å². The minimum Gasteiger partial charge on any atom is -0.204 e. The van der Waals surface area contributed by atoms with Gasteiger partial charge < -0.3 is 0 Å². The summed E-state index contributed by atoms with van der Waals surface area (Å²) in [7, 11) is 0. The quantitative estimate of drug-likeness (QED) is 0.102. The second-order valence-corrected chi connectivity index (χ2v) is 12.6. The number of benzene rings is 2. The summed E-state index contributed by atoms with van der Waals surface area (Å²) >= 11 is 3.49. The van der Waals surface area contributed by atoms with Crippen molar-refractivity contribution in [2.75, 3.05) is 0 Å². The molecule has 5 rings (SSSR count). The van der Waals surface area contributed by atoms with E-state index in [4.69, 9.17) is 10.2 Å². The molecule has 0 aliphatic heterocycles. The van der Waals surface area contributed by atoms with E-state index in [2.05, 4.69) is 50.2 Å². The third-order valence-corrected chi connectivity index (χ3v) is 9.50. The molecule has 0 bridgehead atoms. The van der Waals surface area contributed by atoms with Gasteiger partial charge >= 0.3 is 0 Å². The van der Waals surface area contributed by atoms with Crippen molar-refractivity contribution >= 4 is 33.7 Å². The van der Waals surface area contributed by atoms with E-state index in [-0.39, 0.29) is 5.69 Å². The third-order valence-electron chi connectivity index (χ3n) is 7.15. The Bertz CT molecular complexity index is 1470. The number of fused-ring (bicyclic) bond motifs is 1. The summed E-state index contributed by atoms with van der Waals surface area (Å²) in [6.45, 7) is 4.43. The number of rotatable bonds is 13. The van der Waals surface area contributed by atoms with Crippen LogP contribution in [-0.2, 0) is 12.8 Å². The average molecular weight is 582 g/mol. The van der Waals surface area contributed by atoms with Gasteiger partial charge in [-0.25, -0.2) is 13.2 Å². The van der Waals surface area contributed by atoms with Crippen molar-refractivity contribution in [3.05, 3.63) is 75.7 Å². The van der Waals surface area contributed by atoms with Crippen LogP contribution in [0.3, 0.4) is 0 Å². The Morgan fingerprint density at radius 3 is 1.55 bits per heavy atom. The lowest BCUT2D eigenvalue weighted by molar-refractivity contribution is 0.445. The summed E-state index contributed by atoms with van der Waals surface area (Å²) in [4.78, 5) is 6.01. The Morgan fingerprint density at radius 2 is 1.10 bits per heavy atom. The van der Waals surface area contributed by atoms with E-state index in [1.807, 2.05) is 0 Å². The maximum atomic E-state index is 14.1. The van der Waals surface area contributed by atoms with E-state index in [1.165, 1.54) is 65.9 Å². The van der Waals surface area contributed by atoms with Crippen LogP contribution in [0.25, 0.3) is 37.6 Å². The Kier molecular flexibility index (Phi) is 9.37. The number of thiophene rings is 2. The number of aryl methyl sites for hydroxylation is 2. The van der Waals surface area contributed by atoms with Gasteiger partial charge in [0, 0.05) is 42.8 Å². The molecule has 0 saturated heterocycles. The number of unbranched alkanes of at least 4 members (excludes halogenated alkanes) is 6. The van der Waals surface area contributed by atoms with Crippen LogP contribution in [0.4, 0.5) is 13.2 Å². The standard InChI is InChI=1S/C32H34F3N3S2/c1-3-5-7-9-11-22-13-17-28(39-22)24-15-16-25(29-18-14-23(40-29)12-10-8-6-4-2)32-31(24)36-38(37-32)21-19-26(33)30(35)27(34)20-21/h13-20H,3-12H2,1-2H3. The second-order valence-electron chi connectivity index (χ2n) is 10.2. The zero-order chi connectivity index (χ0) is 28.1. The van der Waals surface area contributed by atoms with Gasteiger partial charge in [0.25, 0.3) is 0 Å². The van der Waals surface area contributed by atoms with E-state index in [1.54, 1.807) is 22.7 Å². The SMILES string of the molecule is CCCCCCc1ccc(-c2ccc(-c3ccc(CCCCCC)s3)c3nn(-c4cc(F)c(F)c(F)c4)nc23)s1. The van der Waals surface area contributed by atoms with E-state index in [0.717, 1.165) is 45.9 Å². The second kappa shape index (κ2) is 13.1. The van der Waals surface area contributed by atoms with Crippen LogP contribution in [0.1, 0.15) is 75.0 Å². The zero-order valence-corrected chi connectivity index (χ0v) is 24.6. The molecule has 8 heteroatoms. The highest BCUT2D eigenvalue weighted by atomic mass is 32.1. The van der Waals surface area contributed by atoms with Crippen LogP contribution in [0, 0.1) is 17.5 Å². The van der Waals surface area contributed by atoms with Crippen molar-refractivity contribution in [1.29, 1.82) is 0 Å². The van der Waals surface area contributed by atoms with Crippen molar-refractivity contribution in [2.45, 2.75) is 78.1 Å². The maximum Gasteiger partial charge on any atom is 0.194 e. The Morgan fingerprint density at radius 1 is 0.625 bits per heavy atom. The third kappa shape index (κ3) is 6.33. The lowest BCUT2D eigenvalue weighted by Gasteiger charge is -2.03. The smallest absolute Gasteiger partial charge is 0.194 e. The predicted molar refractivity (Wildman–Crippen MR) is 161 cm³/mol. The molecular formula is C32H34F3N3S2. The van der Waals surface area contributed by atoms with Crippen LogP contribution in [0.2, 0.25) is 0 Å². The van der Waals surface area contributed by atoms with E-state index in [0.29, 0.717) is 11.0 Å². The normalized spacial score (nSPS) is 11.6. The summed E-state index contributed by atoms with van der Waals surface area (Å²) in [6, 6.07) is 14.6. The first-order chi connectivity index (χ1) is 19.5. The van der Waals surface area contributed by atoms with Gasteiger partial charge in [0.05, 0.1) is 5.69 Å². The average Bonchev–Trinajstić information content (AvgIpc) is 3.71. The molecule has 40 heavy (non-hydrogen) atoms. The van der Waals surface area contributed by atoms with E-state index < -0.39 is 17.5 Å². The molecule has 0 unspecified atom stereocenters. The molecule has 0 fully saturated rings. The van der Waals surface area contributed by atoms with Crippen molar-refractivity contribution in [2.24, 2.45) is 0 Å². The monoisotopic (exact) mass is 581 g/mol. The molecule has 0 N–H and O–H groups in total. The van der Waals surface area contributed by atoms with Gasteiger partial charge in [0.1, 0.15) is 11.0 Å². The molecule has 0 saturated carbocycles. The van der Waals surface area contributed by atoms with Crippen molar-refractivity contribution in [3.8, 4) is 26.6 Å². The van der Waals surface area contributed by atoms with Crippen LogP contribution in [-0.4, -0.2) is 15.0 Å². The first-order valence-electron chi connectivity index (χ1n) is 14.2. The molecule has 2 aromatic carbocycles. The van der Waals surface area contributed by atoms with E-state index >= 15 is 0 Å². The summed E-state index contributed by atoms with van der Waals surface area (Å²) in [5.41, 5.74) is 3.19. The zero-order valence-electron chi connectivity index (χ0n) is 23.0. The highest BCUT2D eigenvalue weighted by molar-refractivity contribution is 7.16. The van der Waals surface area contributed by atoms with E-state index in [9.17, 15) is 13.2 Å². The topological polar surface area (TPSA) is 30.7 Å². The molecule has 0 aliphatic carbocycles. The Balaban J connectivity index is 1.54. The Hall–Kier alpha value is -2.97. The number of hydrogen-bond acceptors (Lipinski definition) is 4. The molecule has 0 amide bonds. The van der Waals surface area contributed by atoms with Crippen molar-refractivity contribution < 1.29 is 13.2 Å². The van der Waals surface area contributed by atoms with Crippen LogP contribution in [0.15, 0.2) is 48.5 Å². The summed E-state index contributed by atoms with van der Waals surface area (Å²) in [5, 5.41) is 9.38. The molecule has 0 radical (unpaired) electrons. The number of aromatic nitrogens is 3. The lowest BCUT2D eigenvalue weighted by atomic mass is 10.1. The van der Waals surface area contributed by atoms with Gasteiger partial charge in [-0.15, -0.1) is 32.9 Å². The number of nitrogens with zero attached hydrogens (tertiary/aromatic N) is 3. The molecule has 0 aliphatic rings. The van der Waals surface area contributed by atoms with Gasteiger partial charge in [-0.1, -0.05) is 64.5 Å². The van der Waals surface area contributed by atoms with Gasteiger partial charge in [0.15, 0.2) is 17.5 Å². The molecule has 0 spiro atoms. The fraction of sp³-hybridized carbons (Fsp3) is 0.375. The number of halogens is 3. The minimum atomic E-state index is -1.50. The van der Waals surface area contributed by atoms with Crippen LogP contribution in [0.5, 0.6) is 0 Å². The largest absolute Gasteiger partial charge is 0.204 e. The number of hydrogen-bond donors (Lipinski definition) is 0. The fourth-order valence-corrected chi connectivity index (χ4v) is 7.08. The highest BCUT2D eigenvalue weighted by Gasteiger charge is 2.20. The predicted octanol–water partition coefficient (Wildman–Crippen LogP) is 10.5. The molecule has 3 nitrogen and oxygen atoms in total. The molecule has 3 heterocycles. The van der Waals surface area contributed by atoms with Gasteiger partial charge in [0.2, 0.25) is 0 Å². The lowest BCUT2D eigenvalue weighted by Crippen LogP contribution is -2.02. The molecule has 210 valence electrons. The molecule has 3 aromatic heterocycles. The van der Waals surface area contributed by atoms with Crippen LogP contribution < -0.4 is 0 Å². The first kappa shape index (κ1) is 28.6. The van der Waals surface area contributed by atoms with Gasteiger partial charge in [-0.05, 0) is 49.9 Å². The van der Waals surface area contributed by atoms with Crippen LogP contribution >= 0.6 is 22.7 Å². The molecule has 5 aromatic rings. The minimum absolute atomic E-state index is 0.0371. The molecular weight excluding hydrogens is 548 g/mol. The Labute approximate surface area is 241 Å². The maximum absolute atomic E-state index is 14.1. The van der Waals surface area contributed by atoms with Gasteiger partial charge in [-0.2, -0.15) is 4.80 Å². The van der Waals surface area contributed by atoms with Crippen molar-refractivity contribution in [1.82, 2.24) is 15.0 Å². The first-order valence-corrected chi connectivity index (χ1v) is 15.8. The summed E-state index contributed by atoms with van der Waals surface area (Å²) in [5.74, 6) is -4.04. The summed E-state index contributed by atoms with van der Waals surface area (Å²) in [6.07, 6.45) is 11.8. The highest BCUT2D eigenvalue weighted by Crippen LogP contribution is 2.39. The molecule has 0 atom stereocenters.